The number of aromatic amines is 1. The summed E-state index contributed by atoms with van der Waals surface area (Å²) >= 11 is 0. The van der Waals surface area contributed by atoms with Crippen molar-refractivity contribution in [2.75, 3.05) is 18.5 Å². The molecule has 20 heavy (non-hydrogen) atoms. The number of amides is 1. The SMILES string of the molecule is CCOCC(=O)Nc1ccc2nc(C(C)(C)C)[nH]c2c1. The number of nitrogens with zero attached hydrogens (tertiary/aromatic N) is 1. The van der Waals surface area contributed by atoms with Crippen molar-refractivity contribution in [2.45, 2.75) is 33.1 Å². The minimum Gasteiger partial charge on any atom is -0.372 e. The van der Waals surface area contributed by atoms with Crippen molar-refractivity contribution in [1.82, 2.24) is 9.97 Å². The van der Waals surface area contributed by atoms with E-state index in [2.05, 4.69) is 36.1 Å². The predicted octanol–water partition coefficient (Wildman–Crippen LogP) is 2.84. The van der Waals surface area contributed by atoms with Crippen LogP contribution in [0.4, 0.5) is 5.69 Å². The van der Waals surface area contributed by atoms with Gasteiger partial charge in [0.1, 0.15) is 12.4 Å². The van der Waals surface area contributed by atoms with Crippen LogP contribution in [0.15, 0.2) is 18.2 Å². The normalized spacial score (nSPS) is 11.8. The van der Waals surface area contributed by atoms with E-state index in [9.17, 15) is 4.79 Å². The number of carbonyl (C=O) groups excluding carboxylic acids is 1. The number of rotatable bonds is 4. The van der Waals surface area contributed by atoms with Crippen LogP contribution in [0, 0.1) is 0 Å². The Hall–Kier alpha value is -1.88. The molecule has 1 aromatic heterocycles. The second kappa shape index (κ2) is 5.63. The van der Waals surface area contributed by atoms with E-state index in [-0.39, 0.29) is 17.9 Å². The first-order chi connectivity index (χ1) is 9.40. The van der Waals surface area contributed by atoms with Gasteiger partial charge >= 0.3 is 0 Å². The Bertz CT molecular complexity index is 611. The first-order valence-corrected chi connectivity index (χ1v) is 6.78. The molecule has 0 aliphatic heterocycles. The van der Waals surface area contributed by atoms with Crippen LogP contribution in [0.25, 0.3) is 11.0 Å². The minimum atomic E-state index is -0.151. The quantitative estimate of drug-likeness (QED) is 0.901. The Balaban J connectivity index is 2.19. The lowest BCUT2D eigenvalue weighted by atomic mass is 9.96. The fourth-order valence-electron chi connectivity index (χ4n) is 1.83. The van der Waals surface area contributed by atoms with E-state index in [1.54, 1.807) is 0 Å². The highest BCUT2D eigenvalue weighted by molar-refractivity contribution is 5.93. The van der Waals surface area contributed by atoms with Crippen molar-refractivity contribution < 1.29 is 9.53 Å². The van der Waals surface area contributed by atoms with Gasteiger partial charge in [0, 0.05) is 17.7 Å². The predicted molar refractivity (Wildman–Crippen MR) is 79.9 cm³/mol. The highest BCUT2D eigenvalue weighted by atomic mass is 16.5. The molecule has 0 atom stereocenters. The molecule has 0 radical (unpaired) electrons. The van der Waals surface area contributed by atoms with Gasteiger partial charge in [-0.25, -0.2) is 4.98 Å². The molecule has 2 aromatic rings. The fourth-order valence-corrected chi connectivity index (χ4v) is 1.83. The number of hydrogen-bond acceptors (Lipinski definition) is 3. The fraction of sp³-hybridized carbons (Fsp3) is 0.467. The van der Waals surface area contributed by atoms with Crippen LogP contribution in [-0.2, 0) is 14.9 Å². The lowest BCUT2D eigenvalue weighted by Crippen LogP contribution is -2.18. The minimum absolute atomic E-state index is 0.0304. The van der Waals surface area contributed by atoms with E-state index in [1.165, 1.54) is 0 Å². The van der Waals surface area contributed by atoms with Gasteiger partial charge < -0.3 is 15.0 Å². The molecule has 2 rings (SSSR count). The lowest BCUT2D eigenvalue weighted by molar-refractivity contribution is -0.120. The van der Waals surface area contributed by atoms with Crippen molar-refractivity contribution in [3.05, 3.63) is 24.0 Å². The summed E-state index contributed by atoms with van der Waals surface area (Å²) in [5.41, 5.74) is 2.53. The summed E-state index contributed by atoms with van der Waals surface area (Å²) in [5, 5.41) is 2.81. The maximum absolute atomic E-state index is 11.6. The van der Waals surface area contributed by atoms with Crippen LogP contribution in [0.1, 0.15) is 33.5 Å². The topological polar surface area (TPSA) is 67.0 Å². The molecule has 1 aromatic carbocycles. The number of carbonyl (C=O) groups is 1. The third-order valence-electron chi connectivity index (χ3n) is 2.91. The van der Waals surface area contributed by atoms with Gasteiger partial charge in [-0.1, -0.05) is 20.8 Å². The Kier molecular flexibility index (Phi) is 4.09. The molecular weight excluding hydrogens is 254 g/mol. The second-order valence-corrected chi connectivity index (χ2v) is 5.75. The van der Waals surface area contributed by atoms with E-state index < -0.39 is 0 Å². The number of imidazole rings is 1. The lowest BCUT2D eigenvalue weighted by Gasteiger charge is -2.13. The zero-order chi connectivity index (χ0) is 14.8. The highest BCUT2D eigenvalue weighted by Gasteiger charge is 2.18. The van der Waals surface area contributed by atoms with Gasteiger partial charge in [-0.2, -0.15) is 0 Å². The van der Waals surface area contributed by atoms with Gasteiger partial charge in [-0.3, -0.25) is 4.79 Å². The molecule has 0 fully saturated rings. The summed E-state index contributed by atoms with van der Waals surface area (Å²) in [6, 6.07) is 5.64. The molecule has 0 bridgehead atoms. The van der Waals surface area contributed by atoms with Crippen molar-refractivity contribution in [1.29, 1.82) is 0 Å². The summed E-state index contributed by atoms with van der Waals surface area (Å²) in [6.07, 6.45) is 0. The summed E-state index contributed by atoms with van der Waals surface area (Å²) in [5.74, 6) is 0.784. The van der Waals surface area contributed by atoms with Crippen LogP contribution in [0.2, 0.25) is 0 Å². The van der Waals surface area contributed by atoms with E-state index in [4.69, 9.17) is 4.74 Å². The van der Waals surface area contributed by atoms with Gasteiger partial charge in [-0.15, -0.1) is 0 Å². The molecule has 0 aliphatic carbocycles. The third-order valence-corrected chi connectivity index (χ3v) is 2.91. The van der Waals surface area contributed by atoms with Crippen molar-refractivity contribution in [2.24, 2.45) is 0 Å². The number of H-pyrrole nitrogens is 1. The van der Waals surface area contributed by atoms with Crippen LogP contribution in [0.5, 0.6) is 0 Å². The van der Waals surface area contributed by atoms with E-state index in [1.807, 2.05) is 25.1 Å². The number of anilines is 1. The zero-order valence-corrected chi connectivity index (χ0v) is 12.4. The number of nitrogens with one attached hydrogen (secondary N) is 2. The Labute approximate surface area is 118 Å². The monoisotopic (exact) mass is 275 g/mol. The molecule has 5 nitrogen and oxygen atoms in total. The van der Waals surface area contributed by atoms with Crippen LogP contribution < -0.4 is 5.32 Å². The largest absolute Gasteiger partial charge is 0.372 e. The van der Waals surface area contributed by atoms with Gasteiger partial charge in [0.25, 0.3) is 0 Å². The molecule has 1 amide bonds. The maximum Gasteiger partial charge on any atom is 0.250 e. The average molecular weight is 275 g/mol. The van der Waals surface area contributed by atoms with Crippen LogP contribution >= 0.6 is 0 Å². The zero-order valence-electron chi connectivity index (χ0n) is 12.4. The van der Waals surface area contributed by atoms with Gasteiger partial charge in [-0.05, 0) is 25.1 Å². The molecule has 5 heteroatoms. The molecule has 1 heterocycles. The van der Waals surface area contributed by atoms with E-state index in [0.29, 0.717) is 6.61 Å². The first-order valence-electron chi connectivity index (χ1n) is 6.78. The molecule has 108 valence electrons. The summed E-state index contributed by atoms with van der Waals surface area (Å²) in [4.78, 5) is 19.5. The van der Waals surface area contributed by atoms with Gasteiger partial charge in [0.15, 0.2) is 0 Å². The van der Waals surface area contributed by atoms with Gasteiger partial charge in [0.2, 0.25) is 5.91 Å². The van der Waals surface area contributed by atoms with Crippen molar-refractivity contribution in [3.63, 3.8) is 0 Å². The molecule has 0 saturated heterocycles. The van der Waals surface area contributed by atoms with E-state index >= 15 is 0 Å². The van der Waals surface area contributed by atoms with Gasteiger partial charge in [0.05, 0.1) is 11.0 Å². The van der Waals surface area contributed by atoms with Crippen molar-refractivity contribution in [3.8, 4) is 0 Å². The maximum atomic E-state index is 11.6. The number of fused-ring (bicyclic) bond motifs is 1. The summed E-state index contributed by atoms with van der Waals surface area (Å²) in [6.45, 7) is 8.78. The molecule has 0 aliphatic rings. The molecule has 0 unspecified atom stereocenters. The van der Waals surface area contributed by atoms with Crippen LogP contribution in [0.3, 0.4) is 0 Å². The Morgan fingerprint density at radius 2 is 2.15 bits per heavy atom. The third kappa shape index (κ3) is 3.36. The van der Waals surface area contributed by atoms with Crippen LogP contribution in [-0.4, -0.2) is 29.1 Å². The Morgan fingerprint density at radius 1 is 1.40 bits per heavy atom. The van der Waals surface area contributed by atoms with E-state index in [0.717, 1.165) is 22.5 Å². The molecule has 2 N–H and O–H groups in total. The summed E-state index contributed by atoms with van der Waals surface area (Å²) in [7, 11) is 0. The number of ether oxygens (including phenoxy) is 1. The molecule has 0 spiro atoms. The Morgan fingerprint density at radius 3 is 2.80 bits per heavy atom. The van der Waals surface area contributed by atoms with Crippen molar-refractivity contribution >= 4 is 22.6 Å². The highest BCUT2D eigenvalue weighted by Crippen LogP contribution is 2.24. The molecular formula is C15H21N3O2. The number of aromatic nitrogens is 2. The second-order valence-electron chi connectivity index (χ2n) is 5.75. The smallest absolute Gasteiger partial charge is 0.250 e. The first kappa shape index (κ1) is 14.5. The molecule has 0 saturated carbocycles. The number of benzene rings is 1. The number of hydrogen-bond donors (Lipinski definition) is 2. The summed E-state index contributed by atoms with van der Waals surface area (Å²) < 4.78 is 5.07. The average Bonchev–Trinajstić information content (AvgIpc) is 2.79. The standard InChI is InChI=1S/C15H21N3O2/c1-5-20-9-13(19)16-10-6-7-11-12(8-10)18-14(17-11)15(2,3)4/h6-8H,5,9H2,1-4H3,(H,16,19)(H,17,18).